The number of aromatic carboxylic acids is 1. The minimum absolute atomic E-state index is 0.0635. The van der Waals surface area contributed by atoms with E-state index in [1.54, 1.807) is 6.07 Å². The second kappa shape index (κ2) is 5.24. The Kier molecular flexibility index (Phi) is 3.66. The van der Waals surface area contributed by atoms with E-state index in [1.165, 1.54) is 12.1 Å². The highest BCUT2D eigenvalue weighted by molar-refractivity contribution is 6.33. The van der Waals surface area contributed by atoms with Crippen molar-refractivity contribution in [3.05, 3.63) is 46.2 Å². The van der Waals surface area contributed by atoms with Crippen LogP contribution in [0.1, 0.15) is 21.7 Å². The van der Waals surface area contributed by atoms with E-state index in [0.29, 0.717) is 11.6 Å². The standard InChI is InChI=1S/C13H12ClN3O2/c1-7-5-8(2)16-13(15-7)17-9-3-4-10(12(18)19)11(14)6-9/h3-6H,1-2H3,(H,18,19)(H,15,16,17). The lowest BCUT2D eigenvalue weighted by molar-refractivity contribution is 0.0697. The highest BCUT2D eigenvalue weighted by Gasteiger charge is 2.09. The van der Waals surface area contributed by atoms with Gasteiger partial charge in [0, 0.05) is 17.1 Å². The van der Waals surface area contributed by atoms with Crippen LogP contribution in [0.2, 0.25) is 5.02 Å². The van der Waals surface area contributed by atoms with Gasteiger partial charge in [-0.05, 0) is 38.1 Å². The number of nitrogens with zero attached hydrogens (tertiary/aromatic N) is 2. The molecule has 1 aromatic heterocycles. The molecule has 6 heteroatoms. The molecule has 0 saturated carbocycles. The van der Waals surface area contributed by atoms with Crippen molar-refractivity contribution in [3.63, 3.8) is 0 Å². The van der Waals surface area contributed by atoms with Crippen LogP contribution in [0.15, 0.2) is 24.3 Å². The zero-order valence-electron chi connectivity index (χ0n) is 10.4. The van der Waals surface area contributed by atoms with Crippen molar-refractivity contribution in [2.45, 2.75) is 13.8 Å². The first-order valence-corrected chi connectivity index (χ1v) is 5.95. The van der Waals surface area contributed by atoms with Crippen LogP contribution in [0.25, 0.3) is 0 Å². The summed E-state index contributed by atoms with van der Waals surface area (Å²) < 4.78 is 0. The molecule has 2 rings (SSSR count). The fourth-order valence-electron chi connectivity index (χ4n) is 1.68. The number of carbonyl (C=O) groups is 1. The maximum Gasteiger partial charge on any atom is 0.337 e. The predicted octanol–water partition coefficient (Wildman–Crippen LogP) is 3.19. The Morgan fingerprint density at radius 1 is 1.21 bits per heavy atom. The van der Waals surface area contributed by atoms with E-state index in [-0.39, 0.29) is 10.6 Å². The topological polar surface area (TPSA) is 75.1 Å². The second-order valence-corrected chi connectivity index (χ2v) is 4.51. The van der Waals surface area contributed by atoms with Crippen molar-refractivity contribution in [2.24, 2.45) is 0 Å². The second-order valence-electron chi connectivity index (χ2n) is 4.10. The summed E-state index contributed by atoms with van der Waals surface area (Å²) in [5.74, 6) is -0.601. The molecule has 0 atom stereocenters. The lowest BCUT2D eigenvalue weighted by Crippen LogP contribution is -2.01. The molecule has 0 amide bonds. The fraction of sp³-hybridized carbons (Fsp3) is 0.154. The van der Waals surface area contributed by atoms with Gasteiger partial charge in [0.05, 0.1) is 10.6 Å². The summed E-state index contributed by atoms with van der Waals surface area (Å²) in [6.07, 6.45) is 0. The summed E-state index contributed by atoms with van der Waals surface area (Å²) in [6.45, 7) is 3.75. The van der Waals surface area contributed by atoms with Crippen LogP contribution >= 0.6 is 11.6 Å². The van der Waals surface area contributed by atoms with Gasteiger partial charge in [-0.15, -0.1) is 0 Å². The van der Waals surface area contributed by atoms with E-state index in [0.717, 1.165) is 11.4 Å². The van der Waals surface area contributed by atoms with E-state index in [9.17, 15) is 4.79 Å². The Morgan fingerprint density at radius 3 is 2.37 bits per heavy atom. The number of benzene rings is 1. The smallest absolute Gasteiger partial charge is 0.337 e. The molecule has 0 aliphatic rings. The number of hydrogen-bond donors (Lipinski definition) is 2. The number of halogens is 1. The van der Waals surface area contributed by atoms with Gasteiger partial charge < -0.3 is 10.4 Å². The molecule has 0 radical (unpaired) electrons. The third-order valence-electron chi connectivity index (χ3n) is 2.44. The molecule has 98 valence electrons. The van der Waals surface area contributed by atoms with Crippen molar-refractivity contribution in [1.82, 2.24) is 9.97 Å². The number of anilines is 2. The molecular formula is C13H12ClN3O2. The lowest BCUT2D eigenvalue weighted by atomic mass is 10.2. The first kappa shape index (κ1) is 13.3. The maximum absolute atomic E-state index is 10.9. The third-order valence-corrected chi connectivity index (χ3v) is 2.75. The Morgan fingerprint density at radius 2 is 1.84 bits per heavy atom. The molecular weight excluding hydrogens is 266 g/mol. The average molecular weight is 278 g/mol. The van der Waals surface area contributed by atoms with Crippen LogP contribution in [-0.2, 0) is 0 Å². The molecule has 2 N–H and O–H groups in total. The van der Waals surface area contributed by atoms with Gasteiger partial charge in [0.25, 0.3) is 0 Å². The van der Waals surface area contributed by atoms with Gasteiger partial charge in [-0.25, -0.2) is 14.8 Å². The summed E-state index contributed by atoms with van der Waals surface area (Å²) in [5, 5.41) is 12.1. The van der Waals surface area contributed by atoms with E-state index in [2.05, 4.69) is 15.3 Å². The van der Waals surface area contributed by atoms with Gasteiger partial charge in [0.1, 0.15) is 0 Å². The number of hydrogen-bond acceptors (Lipinski definition) is 4. The van der Waals surface area contributed by atoms with Gasteiger partial charge in [-0.1, -0.05) is 11.6 Å². The molecule has 2 aromatic rings. The number of aryl methyl sites for hydroxylation is 2. The van der Waals surface area contributed by atoms with Crippen LogP contribution in [0, 0.1) is 13.8 Å². The number of nitrogens with one attached hydrogen (secondary N) is 1. The van der Waals surface area contributed by atoms with Crippen LogP contribution < -0.4 is 5.32 Å². The minimum atomic E-state index is -1.06. The van der Waals surface area contributed by atoms with Crippen LogP contribution in [-0.4, -0.2) is 21.0 Å². The van der Waals surface area contributed by atoms with Gasteiger partial charge in [0.15, 0.2) is 0 Å². The summed E-state index contributed by atoms with van der Waals surface area (Å²) in [4.78, 5) is 19.3. The number of carboxylic acid groups (broad SMARTS) is 1. The van der Waals surface area contributed by atoms with Gasteiger partial charge in [-0.3, -0.25) is 0 Å². The highest BCUT2D eigenvalue weighted by Crippen LogP contribution is 2.22. The predicted molar refractivity (Wildman–Crippen MR) is 73.2 cm³/mol. The first-order valence-electron chi connectivity index (χ1n) is 5.58. The monoisotopic (exact) mass is 277 g/mol. The highest BCUT2D eigenvalue weighted by atomic mass is 35.5. The molecule has 1 heterocycles. The van der Waals surface area contributed by atoms with Crippen LogP contribution in [0.5, 0.6) is 0 Å². The molecule has 0 aliphatic carbocycles. The average Bonchev–Trinajstić information content (AvgIpc) is 2.26. The van der Waals surface area contributed by atoms with Crippen molar-refractivity contribution in [3.8, 4) is 0 Å². The van der Waals surface area contributed by atoms with Crippen molar-refractivity contribution in [2.75, 3.05) is 5.32 Å². The number of carboxylic acids is 1. The summed E-state index contributed by atoms with van der Waals surface area (Å²) >= 11 is 5.89. The van der Waals surface area contributed by atoms with E-state index in [4.69, 9.17) is 16.7 Å². The van der Waals surface area contributed by atoms with Gasteiger partial charge >= 0.3 is 5.97 Å². The lowest BCUT2D eigenvalue weighted by Gasteiger charge is -2.08. The molecule has 0 bridgehead atoms. The Labute approximate surface area is 115 Å². The molecule has 1 aromatic carbocycles. The Bertz CT molecular complexity index is 624. The molecule has 0 fully saturated rings. The van der Waals surface area contributed by atoms with Crippen molar-refractivity contribution < 1.29 is 9.90 Å². The van der Waals surface area contributed by atoms with E-state index in [1.807, 2.05) is 19.9 Å². The summed E-state index contributed by atoms with van der Waals surface area (Å²) in [6, 6.07) is 6.46. The SMILES string of the molecule is Cc1cc(C)nc(Nc2ccc(C(=O)O)c(Cl)c2)n1. The molecule has 19 heavy (non-hydrogen) atoms. The number of aromatic nitrogens is 2. The van der Waals surface area contributed by atoms with Crippen LogP contribution in [0.4, 0.5) is 11.6 Å². The Hall–Kier alpha value is -2.14. The molecule has 0 spiro atoms. The normalized spacial score (nSPS) is 10.3. The van der Waals surface area contributed by atoms with Crippen LogP contribution in [0.3, 0.4) is 0 Å². The maximum atomic E-state index is 10.9. The number of rotatable bonds is 3. The molecule has 0 saturated heterocycles. The minimum Gasteiger partial charge on any atom is -0.478 e. The van der Waals surface area contributed by atoms with E-state index < -0.39 is 5.97 Å². The van der Waals surface area contributed by atoms with E-state index >= 15 is 0 Å². The van der Waals surface area contributed by atoms with Crippen molar-refractivity contribution >= 4 is 29.2 Å². The summed E-state index contributed by atoms with van der Waals surface area (Å²) in [5.41, 5.74) is 2.40. The molecule has 5 nitrogen and oxygen atoms in total. The van der Waals surface area contributed by atoms with Crippen molar-refractivity contribution in [1.29, 1.82) is 0 Å². The summed E-state index contributed by atoms with van der Waals surface area (Å²) in [7, 11) is 0. The first-order chi connectivity index (χ1) is 8.95. The quantitative estimate of drug-likeness (QED) is 0.901. The molecule has 0 unspecified atom stereocenters. The Balaban J connectivity index is 2.28. The van der Waals surface area contributed by atoms with Gasteiger partial charge in [-0.2, -0.15) is 0 Å². The largest absolute Gasteiger partial charge is 0.478 e. The molecule has 0 aliphatic heterocycles. The zero-order valence-corrected chi connectivity index (χ0v) is 11.2. The zero-order chi connectivity index (χ0) is 14.0. The van der Waals surface area contributed by atoms with Gasteiger partial charge in [0.2, 0.25) is 5.95 Å². The third kappa shape index (κ3) is 3.20. The fourth-order valence-corrected chi connectivity index (χ4v) is 1.94.